The fourth-order valence-electron chi connectivity index (χ4n) is 6.10. The maximum Gasteiger partial charge on any atom is 0.165 e. The Labute approximate surface area is 232 Å². The molecule has 2 fully saturated rings. The van der Waals surface area contributed by atoms with E-state index in [-0.39, 0.29) is 6.04 Å². The molecule has 3 aromatic heterocycles. The number of hydrogen-bond donors (Lipinski definition) is 4. The first-order valence-electron chi connectivity index (χ1n) is 13.7. The number of fused-ring (bicyclic) bond motifs is 2. The number of benzene rings is 1. The van der Waals surface area contributed by atoms with E-state index in [2.05, 4.69) is 39.8 Å². The van der Waals surface area contributed by atoms with E-state index in [0.717, 1.165) is 53.1 Å². The molecule has 0 amide bonds. The highest BCUT2D eigenvalue weighted by molar-refractivity contribution is 6.32. The number of aromatic nitrogens is 5. The molecule has 0 unspecified atom stereocenters. The largest absolute Gasteiger partial charge is 0.397 e. The summed E-state index contributed by atoms with van der Waals surface area (Å²) >= 11 is 6.26. The Bertz CT molecular complexity index is 1440. The molecular formula is C28H36ClN7O3. The van der Waals surface area contributed by atoms with Crippen molar-refractivity contribution >= 4 is 39.5 Å². The third kappa shape index (κ3) is 4.89. The van der Waals surface area contributed by atoms with Crippen LogP contribution in [0.1, 0.15) is 50.7 Å². The molecule has 4 heterocycles. The number of ether oxygens (including phenoxy) is 1. The van der Waals surface area contributed by atoms with E-state index in [0.29, 0.717) is 35.4 Å². The summed E-state index contributed by atoms with van der Waals surface area (Å²) in [6.45, 7) is 6.87. The second-order valence-electron chi connectivity index (χ2n) is 11.4. The van der Waals surface area contributed by atoms with E-state index in [4.69, 9.17) is 27.1 Å². The van der Waals surface area contributed by atoms with Gasteiger partial charge in [0.15, 0.2) is 11.9 Å². The first kappa shape index (κ1) is 26.5. The first-order valence-corrected chi connectivity index (χ1v) is 14.1. The lowest BCUT2D eigenvalue weighted by molar-refractivity contribution is -0.0620. The molecule has 10 nitrogen and oxygen atoms in total. The maximum absolute atomic E-state index is 10.9. The molecule has 11 heteroatoms. The number of imidazole rings is 2. The van der Waals surface area contributed by atoms with Crippen LogP contribution in [0.3, 0.4) is 0 Å². The van der Waals surface area contributed by atoms with Gasteiger partial charge >= 0.3 is 0 Å². The first-order chi connectivity index (χ1) is 18.7. The highest BCUT2D eigenvalue weighted by Crippen LogP contribution is 2.38. The van der Waals surface area contributed by atoms with Crippen LogP contribution in [0.5, 0.6) is 0 Å². The molecule has 39 heavy (non-hydrogen) atoms. The van der Waals surface area contributed by atoms with Gasteiger partial charge in [-0.2, -0.15) is 0 Å². The summed E-state index contributed by atoms with van der Waals surface area (Å²) in [4.78, 5) is 19.3. The number of nitrogens with two attached hydrogens (primary N) is 1. The molecule has 2 aliphatic rings. The number of aromatic amines is 1. The van der Waals surface area contributed by atoms with Gasteiger partial charge < -0.3 is 25.7 Å². The molecule has 5 N–H and O–H groups in total. The Hall–Kier alpha value is -2.76. The van der Waals surface area contributed by atoms with E-state index in [9.17, 15) is 10.2 Å². The summed E-state index contributed by atoms with van der Waals surface area (Å²) in [7, 11) is 0. The Kier molecular flexibility index (Phi) is 7.01. The van der Waals surface area contributed by atoms with E-state index >= 15 is 0 Å². The SMILES string of the molecule is Cc1cc2[nH]c(CC[C@H]3C[C@H](N(C[C@H]4O[C@@H](n5cnc6c(N)ccnc65)[C@H](O)[C@@H]4O)C(C)C)C3)nc2cc1Cl. The molecular weight excluding hydrogens is 518 g/mol. The highest BCUT2D eigenvalue weighted by atomic mass is 35.5. The number of rotatable bonds is 8. The second kappa shape index (κ2) is 10.3. The number of aliphatic hydroxyl groups is 2. The number of hydrogen-bond acceptors (Lipinski definition) is 8. The predicted octanol–water partition coefficient (Wildman–Crippen LogP) is 3.59. The number of halogens is 1. The van der Waals surface area contributed by atoms with Crippen molar-refractivity contribution in [3.63, 3.8) is 0 Å². The van der Waals surface area contributed by atoms with Crippen LogP contribution < -0.4 is 5.73 Å². The van der Waals surface area contributed by atoms with Crippen molar-refractivity contribution in [2.45, 2.75) is 83.1 Å². The molecule has 4 aromatic rings. The number of aryl methyl sites for hydroxylation is 2. The van der Waals surface area contributed by atoms with Crippen molar-refractivity contribution in [1.29, 1.82) is 0 Å². The average Bonchev–Trinajstić information content (AvgIpc) is 3.55. The van der Waals surface area contributed by atoms with Gasteiger partial charge in [-0.25, -0.2) is 15.0 Å². The molecule has 1 saturated heterocycles. The predicted molar refractivity (Wildman–Crippen MR) is 150 cm³/mol. The van der Waals surface area contributed by atoms with Gasteiger partial charge in [-0.3, -0.25) is 9.47 Å². The van der Waals surface area contributed by atoms with Gasteiger partial charge in [-0.15, -0.1) is 0 Å². The van der Waals surface area contributed by atoms with E-state index < -0.39 is 24.5 Å². The van der Waals surface area contributed by atoms with Crippen molar-refractivity contribution in [3.05, 3.63) is 47.1 Å². The van der Waals surface area contributed by atoms with Crippen LogP contribution in [0.15, 0.2) is 30.7 Å². The summed E-state index contributed by atoms with van der Waals surface area (Å²) in [6, 6.07) is 6.35. The Balaban J connectivity index is 1.07. The van der Waals surface area contributed by atoms with E-state index in [1.165, 1.54) is 0 Å². The number of nitrogen functional groups attached to an aromatic ring is 1. The Morgan fingerprint density at radius 3 is 2.79 bits per heavy atom. The number of nitrogens with zero attached hydrogens (tertiary/aromatic N) is 5. The normalized spacial score (nSPS) is 27.3. The van der Waals surface area contributed by atoms with Gasteiger partial charge in [-0.05, 0) is 69.7 Å². The summed E-state index contributed by atoms with van der Waals surface area (Å²) in [6.07, 6.45) is 3.89. The molecule has 0 radical (unpaired) electrons. The number of anilines is 1. The number of H-pyrrole nitrogens is 1. The van der Waals surface area contributed by atoms with Gasteiger partial charge in [0.1, 0.15) is 29.7 Å². The lowest BCUT2D eigenvalue weighted by Gasteiger charge is -2.46. The Morgan fingerprint density at radius 2 is 2.03 bits per heavy atom. The standard InChI is InChI=1S/C28H36ClN7O3/c1-14(2)35(17-9-16(10-17)4-5-23-33-20-8-15(3)18(29)11-21(20)34-23)12-22-25(37)26(38)28(39-22)36-13-32-24-19(30)6-7-31-27(24)36/h6-8,11,13-14,16-17,22,25-26,28,37-38H,4-5,9-10,12H2,1-3H3,(H2,30,31)(H,33,34)/t16-,17-,22-,25-,26-,28-/m1/s1. The molecule has 0 spiro atoms. The van der Waals surface area contributed by atoms with Crippen LogP contribution in [-0.2, 0) is 11.2 Å². The number of pyridine rings is 1. The van der Waals surface area contributed by atoms with Crippen molar-refractivity contribution < 1.29 is 14.9 Å². The van der Waals surface area contributed by atoms with Gasteiger partial charge in [0.2, 0.25) is 0 Å². The van der Waals surface area contributed by atoms with Crippen molar-refractivity contribution in [3.8, 4) is 0 Å². The van der Waals surface area contributed by atoms with Gasteiger partial charge in [-0.1, -0.05) is 11.6 Å². The van der Waals surface area contributed by atoms with Crippen molar-refractivity contribution in [1.82, 2.24) is 29.4 Å². The minimum Gasteiger partial charge on any atom is -0.397 e. The lowest BCUT2D eigenvalue weighted by atomic mass is 9.76. The molecule has 0 bridgehead atoms. The van der Waals surface area contributed by atoms with Crippen LogP contribution in [0.2, 0.25) is 5.02 Å². The van der Waals surface area contributed by atoms with Gasteiger partial charge in [0.05, 0.1) is 23.0 Å². The quantitative estimate of drug-likeness (QED) is 0.260. The fraction of sp³-hybridized carbons (Fsp3) is 0.536. The molecule has 4 atom stereocenters. The molecule has 208 valence electrons. The van der Waals surface area contributed by atoms with Crippen molar-refractivity contribution in [2.75, 3.05) is 12.3 Å². The monoisotopic (exact) mass is 553 g/mol. The van der Waals surface area contributed by atoms with Crippen LogP contribution in [0.4, 0.5) is 5.69 Å². The second-order valence-corrected chi connectivity index (χ2v) is 11.8. The molecule has 1 aliphatic carbocycles. The highest BCUT2D eigenvalue weighted by Gasteiger charge is 2.46. The third-order valence-corrected chi connectivity index (χ3v) is 8.85. The van der Waals surface area contributed by atoms with Crippen LogP contribution in [0, 0.1) is 12.8 Å². The minimum atomic E-state index is -1.10. The summed E-state index contributed by atoms with van der Waals surface area (Å²) in [5.41, 5.74) is 10.6. The summed E-state index contributed by atoms with van der Waals surface area (Å²) < 4.78 is 7.89. The van der Waals surface area contributed by atoms with Crippen LogP contribution in [-0.4, -0.2) is 76.6 Å². The zero-order valence-electron chi connectivity index (χ0n) is 22.5. The zero-order valence-corrected chi connectivity index (χ0v) is 23.2. The van der Waals surface area contributed by atoms with Crippen LogP contribution >= 0.6 is 11.6 Å². The maximum atomic E-state index is 10.9. The van der Waals surface area contributed by atoms with Crippen molar-refractivity contribution in [2.24, 2.45) is 5.92 Å². The van der Waals surface area contributed by atoms with Crippen LogP contribution in [0.25, 0.3) is 22.2 Å². The van der Waals surface area contributed by atoms with E-state index in [1.54, 1.807) is 23.2 Å². The minimum absolute atomic E-state index is 0.279. The summed E-state index contributed by atoms with van der Waals surface area (Å²) in [5, 5.41) is 22.5. The third-order valence-electron chi connectivity index (χ3n) is 8.44. The van der Waals surface area contributed by atoms with Gasteiger partial charge in [0.25, 0.3) is 0 Å². The number of nitrogens with one attached hydrogen (secondary N) is 1. The zero-order chi connectivity index (χ0) is 27.4. The van der Waals surface area contributed by atoms with E-state index in [1.807, 2.05) is 13.0 Å². The molecule has 6 rings (SSSR count). The summed E-state index contributed by atoms with van der Waals surface area (Å²) in [5.74, 6) is 1.62. The molecule has 1 saturated carbocycles. The smallest absolute Gasteiger partial charge is 0.165 e. The topological polar surface area (TPSA) is 138 Å². The average molecular weight is 554 g/mol. The molecule has 1 aromatic carbocycles. The molecule has 1 aliphatic heterocycles. The Morgan fingerprint density at radius 1 is 1.23 bits per heavy atom. The number of aliphatic hydroxyl groups excluding tert-OH is 2. The lowest BCUT2D eigenvalue weighted by Crippen LogP contribution is -2.52. The fourth-order valence-corrected chi connectivity index (χ4v) is 6.26. The van der Waals surface area contributed by atoms with Gasteiger partial charge in [0, 0.05) is 36.3 Å².